The molecular weight excluding hydrogens is 578 g/mol. The molecular formula is C28H45N7O9. The van der Waals surface area contributed by atoms with Crippen LogP contribution in [0.1, 0.15) is 19.3 Å². The van der Waals surface area contributed by atoms with Gasteiger partial charge >= 0.3 is 17.9 Å². The van der Waals surface area contributed by atoms with Crippen LogP contribution >= 0.6 is 0 Å². The molecule has 0 aromatic heterocycles. The van der Waals surface area contributed by atoms with Crippen LogP contribution < -0.4 is 26.8 Å². The standard InChI is InChI=1S/C28H45N7O9/c1-2-3-4-5-6-30-25-26(28(44)27(25)43)31-8-7-29-21(36)17-32-9-11-33(18-22(37)38)13-15-35(20-24(41)42)16-14-34(12-10-32)19-23(39)40/h2,30-31H,1,3-20H2,(H,29,36)(H,37,38)(H,39,40)(H,41,42). The molecule has 0 unspecified atom stereocenters. The average Bonchev–Trinajstić information content (AvgIpc) is 2.95. The number of carboxylic acids is 3. The number of nitrogens with zero attached hydrogens (tertiary/aromatic N) is 4. The quantitative estimate of drug-likeness (QED) is 0.0596. The van der Waals surface area contributed by atoms with Crippen LogP contribution in [0, 0.1) is 0 Å². The molecule has 1 aromatic rings. The Balaban J connectivity index is 1.94. The molecule has 44 heavy (non-hydrogen) atoms. The lowest BCUT2D eigenvalue weighted by atomic mass is 10.1. The topological polar surface area (TPSA) is 212 Å². The van der Waals surface area contributed by atoms with E-state index in [0.29, 0.717) is 32.7 Å². The number of nitrogens with one attached hydrogen (secondary N) is 3. The van der Waals surface area contributed by atoms with Crippen LogP contribution in [0.25, 0.3) is 0 Å². The van der Waals surface area contributed by atoms with E-state index in [1.54, 1.807) is 14.7 Å². The Bertz CT molecular complexity index is 1150. The van der Waals surface area contributed by atoms with Gasteiger partial charge in [-0.3, -0.25) is 48.4 Å². The Morgan fingerprint density at radius 3 is 1.39 bits per heavy atom. The molecule has 0 bridgehead atoms. The van der Waals surface area contributed by atoms with E-state index in [1.165, 1.54) is 0 Å². The lowest BCUT2D eigenvalue weighted by Crippen LogP contribution is -2.50. The van der Waals surface area contributed by atoms with Gasteiger partial charge in [0, 0.05) is 72.0 Å². The van der Waals surface area contributed by atoms with E-state index >= 15 is 0 Å². The van der Waals surface area contributed by atoms with E-state index in [2.05, 4.69) is 22.5 Å². The zero-order valence-corrected chi connectivity index (χ0v) is 25.1. The Kier molecular flexibility index (Phi) is 16.0. The SMILES string of the molecule is C=CCCCCNc1c(NCCNC(=O)CN2CCN(CC(=O)O)CCN(CC(=O)O)CCN(CC(=O)O)CC2)c(=O)c1=O. The smallest absolute Gasteiger partial charge is 0.317 e. The van der Waals surface area contributed by atoms with Gasteiger partial charge in [0.2, 0.25) is 5.91 Å². The molecule has 246 valence electrons. The minimum atomic E-state index is -1.03. The second kappa shape index (κ2) is 19.4. The first kappa shape index (κ1) is 36.3. The van der Waals surface area contributed by atoms with Gasteiger partial charge in [0.15, 0.2) is 0 Å². The highest BCUT2D eigenvalue weighted by molar-refractivity contribution is 5.78. The third kappa shape index (κ3) is 13.6. The number of unbranched alkanes of at least 4 members (excludes halogenated alkanes) is 2. The summed E-state index contributed by atoms with van der Waals surface area (Å²) in [6.07, 6.45) is 4.42. The molecule has 0 atom stereocenters. The fraction of sp³-hybridized carbons (Fsp3) is 0.643. The molecule has 1 aliphatic rings. The van der Waals surface area contributed by atoms with Gasteiger partial charge in [-0.2, -0.15) is 0 Å². The van der Waals surface area contributed by atoms with Crippen LogP contribution in [0.5, 0.6) is 0 Å². The maximum Gasteiger partial charge on any atom is 0.317 e. The summed E-state index contributed by atoms with van der Waals surface area (Å²) in [7, 11) is 0. The van der Waals surface area contributed by atoms with E-state index in [4.69, 9.17) is 0 Å². The number of amides is 1. The van der Waals surface area contributed by atoms with Crippen LogP contribution in [0.4, 0.5) is 11.4 Å². The predicted octanol–water partition coefficient (Wildman–Crippen LogP) is -1.95. The van der Waals surface area contributed by atoms with Gasteiger partial charge in [-0.25, -0.2) is 0 Å². The largest absolute Gasteiger partial charge is 0.480 e. The van der Waals surface area contributed by atoms with Crippen molar-refractivity contribution < 1.29 is 34.5 Å². The number of carbonyl (C=O) groups excluding carboxylic acids is 1. The van der Waals surface area contributed by atoms with Gasteiger partial charge < -0.3 is 31.3 Å². The molecule has 6 N–H and O–H groups in total. The number of hydrogen-bond acceptors (Lipinski definition) is 12. The summed E-state index contributed by atoms with van der Waals surface area (Å²) in [4.78, 5) is 77.7. The number of carboxylic acid groups (broad SMARTS) is 3. The first-order valence-corrected chi connectivity index (χ1v) is 14.7. The molecule has 1 fully saturated rings. The van der Waals surface area contributed by atoms with Gasteiger partial charge in [-0.15, -0.1) is 6.58 Å². The first-order valence-electron chi connectivity index (χ1n) is 14.7. The average molecular weight is 624 g/mol. The highest BCUT2D eigenvalue weighted by Gasteiger charge is 2.22. The molecule has 16 heteroatoms. The second-order valence-corrected chi connectivity index (χ2v) is 10.7. The number of rotatable bonds is 18. The van der Waals surface area contributed by atoms with Crippen molar-refractivity contribution in [3.05, 3.63) is 33.1 Å². The van der Waals surface area contributed by atoms with E-state index in [0.717, 1.165) is 19.3 Å². The van der Waals surface area contributed by atoms with Crippen molar-refractivity contribution in [1.82, 2.24) is 24.9 Å². The molecule has 2 rings (SSSR count). The Morgan fingerprint density at radius 1 is 0.614 bits per heavy atom. The Morgan fingerprint density at radius 2 is 1.00 bits per heavy atom. The van der Waals surface area contributed by atoms with Crippen LogP contribution in [-0.4, -0.2) is 157 Å². The number of hydrogen-bond donors (Lipinski definition) is 6. The highest BCUT2D eigenvalue weighted by atomic mass is 16.4. The summed E-state index contributed by atoms with van der Waals surface area (Å²) in [5.41, 5.74) is -0.719. The Hall–Kier alpha value is -3.86. The highest BCUT2D eigenvalue weighted by Crippen LogP contribution is 2.14. The molecule has 1 aliphatic heterocycles. The fourth-order valence-electron chi connectivity index (χ4n) is 4.79. The second-order valence-electron chi connectivity index (χ2n) is 10.7. The van der Waals surface area contributed by atoms with E-state index in [1.807, 2.05) is 11.0 Å². The van der Waals surface area contributed by atoms with Crippen molar-refractivity contribution in [2.24, 2.45) is 0 Å². The summed E-state index contributed by atoms with van der Waals surface area (Å²) in [6, 6.07) is 0. The summed E-state index contributed by atoms with van der Waals surface area (Å²) in [6.45, 7) is 6.22. The molecule has 0 saturated carbocycles. The number of allylic oxidation sites excluding steroid dienone is 1. The minimum Gasteiger partial charge on any atom is -0.480 e. The molecule has 1 amide bonds. The van der Waals surface area contributed by atoms with E-state index in [9.17, 15) is 44.1 Å². The number of aliphatic carboxylic acids is 3. The van der Waals surface area contributed by atoms with E-state index < -0.39 is 28.8 Å². The van der Waals surface area contributed by atoms with Crippen molar-refractivity contribution >= 4 is 35.2 Å². The maximum atomic E-state index is 12.8. The van der Waals surface area contributed by atoms with Crippen LogP contribution in [0.3, 0.4) is 0 Å². The van der Waals surface area contributed by atoms with E-state index in [-0.39, 0.29) is 82.7 Å². The monoisotopic (exact) mass is 623 g/mol. The van der Waals surface area contributed by atoms with Gasteiger partial charge in [0.1, 0.15) is 11.4 Å². The Labute approximate surface area is 256 Å². The third-order valence-electron chi connectivity index (χ3n) is 7.17. The number of carbonyl (C=O) groups is 4. The number of anilines is 2. The van der Waals surface area contributed by atoms with Crippen LogP contribution in [0.15, 0.2) is 22.2 Å². The van der Waals surface area contributed by atoms with Crippen LogP contribution in [-0.2, 0) is 19.2 Å². The lowest BCUT2D eigenvalue weighted by Gasteiger charge is -2.32. The van der Waals surface area contributed by atoms with Gasteiger partial charge in [-0.1, -0.05) is 6.08 Å². The molecule has 0 spiro atoms. The van der Waals surface area contributed by atoms with Crippen molar-refractivity contribution in [3.63, 3.8) is 0 Å². The van der Waals surface area contributed by atoms with Crippen molar-refractivity contribution in [2.75, 3.05) is 109 Å². The molecule has 1 aromatic carbocycles. The summed E-state index contributed by atoms with van der Waals surface area (Å²) in [5, 5.41) is 36.6. The van der Waals surface area contributed by atoms with Gasteiger partial charge in [-0.05, 0) is 19.3 Å². The fourth-order valence-corrected chi connectivity index (χ4v) is 4.79. The third-order valence-corrected chi connectivity index (χ3v) is 7.17. The molecule has 0 radical (unpaired) electrons. The van der Waals surface area contributed by atoms with Crippen molar-refractivity contribution in [1.29, 1.82) is 0 Å². The normalized spacial score (nSPS) is 16.5. The molecule has 1 heterocycles. The molecule has 0 aliphatic carbocycles. The zero-order valence-electron chi connectivity index (χ0n) is 25.1. The van der Waals surface area contributed by atoms with Crippen LogP contribution in [0.2, 0.25) is 0 Å². The van der Waals surface area contributed by atoms with Gasteiger partial charge in [0.05, 0.1) is 26.2 Å². The minimum absolute atomic E-state index is 0.0232. The summed E-state index contributed by atoms with van der Waals surface area (Å²) in [5.74, 6) is -3.40. The summed E-state index contributed by atoms with van der Waals surface area (Å²) >= 11 is 0. The van der Waals surface area contributed by atoms with Crippen molar-refractivity contribution in [3.8, 4) is 0 Å². The first-order chi connectivity index (χ1) is 21.0. The molecule has 16 nitrogen and oxygen atoms in total. The van der Waals surface area contributed by atoms with Gasteiger partial charge in [0.25, 0.3) is 10.9 Å². The predicted molar refractivity (Wildman–Crippen MR) is 164 cm³/mol. The zero-order chi connectivity index (χ0) is 32.5. The lowest BCUT2D eigenvalue weighted by molar-refractivity contribution is -0.140. The molecule has 1 saturated heterocycles. The maximum absolute atomic E-state index is 12.8. The van der Waals surface area contributed by atoms with Crippen molar-refractivity contribution in [2.45, 2.75) is 19.3 Å². The summed E-state index contributed by atoms with van der Waals surface area (Å²) < 4.78 is 0.